The summed E-state index contributed by atoms with van der Waals surface area (Å²) >= 11 is 13.8. The maximum absolute atomic E-state index is 11.0. The number of hydrogen-bond donors (Lipinski definition) is 2. The molecule has 0 saturated heterocycles. The number of carboxylic acid groups (broad SMARTS) is 1. The minimum atomic E-state index is -0.975. The molecule has 0 aliphatic rings. The zero-order chi connectivity index (χ0) is 14.2. The number of aromatic carboxylic acids is 1. The van der Waals surface area contributed by atoms with Crippen molar-refractivity contribution in [1.29, 1.82) is 0 Å². The zero-order valence-corrected chi connectivity index (χ0v) is 14.2. The van der Waals surface area contributed by atoms with Crippen LogP contribution in [0, 0.1) is 6.92 Å². The molecule has 100 valence electrons. The normalized spacial score (nSPS) is 10.5. The highest BCUT2D eigenvalue weighted by atomic mass is 79.9. The van der Waals surface area contributed by atoms with E-state index in [2.05, 4.69) is 42.2 Å². The van der Waals surface area contributed by atoms with Crippen molar-refractivity contribution >= 4 is 71.6 Å². The molecule has 0 fully saturated rings. The highest BCUT2D eigenvalue weighted by Crippen LogP contribution is 2.37. The Morgan fingerprint density at radius 2 is 2.00 bits per heavy atom. The molecule has 2 N–H and O–H groups in total. The Kier molecular flexibility index (Phi) is 4.50. The van der Waals surface area contributed by atoms with E-state index in [0.29, 0.717) is 15.8 Å². The lowest BCUT2D eigenvalue weighted by atomic mass is 10.3. The number of benzene rings is 1. The van der Waals surface area contributed by atoms with Crippen molar-refractivity contribution in [2.24, 2.45) is 0 Å². The van der Waals surface area contributed by atoms with E-state index in [0.717, 1.165) is 26.0 Å². The SMILES string of the molecule is Cc1nc(Nc2c(Br)cc(Cl)cc2Br)sc1C(=O)O. The van der Waals surface area contributed by atoms with Crippen LogP contribution in [-0.2, 0) is 0 Å². The summed E-state index contributed by atoms with van der Waals surface area (Å²) in [6, 6.07) is 3.49. The van der Waals surface area contributed by atoms with E-state index in [-0.39, 0.29) is 4.88 Å². The van der Waals surface area contributed by atoms with Crippen LogP contribution in [0.5, 0.6) is 0 Å². The maximum Gasteiger partial charge on any atom is 0.347 e. The molecule has 0 bridgehead atoms. The number of carbonyl (C=O) groups is 1. The molecule has 2 rings (SSSR count). The van der Waals surface area contributed by atoms with Crippen LogP contribution in [0.4, 0.5) is 10.8 Å². The highest BCUT2D eigenvalue weighted by Gasteiger charge is 2.15. The van der Waals surface area contributed by atoms with Crippen molar-refractivity contribution in [1.82, 2.24) is 4.98 Å². The molecular weight excluding hydrogens is 419 g/mol. The number of hydrogen-bond acceptors (Lipinski definition) is 4. The number of nitrogens with one attached hydrogen (secondary N) is 1. The largest absolute Gasteiger partial charge is 0.477 e. The number of nitrogens with zero attached hydrogens (tertiary/aromatic N) is 1. The number of thiazole rings is 1. The van der Waals surface area contributed by atoms with Crippen LogP contribution in [0.1, 0.15) is 15.4 Å². The highest BCUT2D eigenvalue weighted by molar-refractivity contribution is 9.11. The van der Waals surface area contributed by atoms with Crippen LogP contribution < -0.4 is 5.32 Å². The zero-order valence-electron chi connectivity index (χ0n) is 9.50. The molecule has 1 aromatic carbocycles. The quantitative estimate of drug-likeness (QED) is 0.719. The molecule has 0 atom stereocenters. The molecule has 1 heterocycles. The van der Waals surface area contributed by atoms with Crippen molar-refractivity contribution in [2.45, 2.75) is 6.92 Å². The summed E-state index contributed by atoms with van der Waals surface area (Å²) in [4.78, 5) is 15.4. The van der Waals surface area contributed by atoms with Gasteiger partial charge in [-0.3, -0.25) is 0 Å². The molecule has 8 heteroatoms. The smallest absolute Gasteiger partial charge is 0.347 e. The first kappa shape index (κ1) is 14.8. The average Bonchev–Trinajstić information content (AvgIpc) is 2.65. The van der Waals surface area contributed by atoms with Gasteiger partial charge in [-0.1, -0.05) is 22.9 Å². The van der Waals surface area contributed by atoms with Crippen molar-refractivity contribution in [2.75, 3.05) is 5.32 Å². The molecular formula is C11H7Br2ClN2O2S. The summed E-state index contributed by atoms with van der Waals surface area (Å²) in [5.41, 5.74) is 1.23. The third-order valence-corrected chi connectivity index (χ3v) is 4.76. The fourth-order valence-corrected chi connectivity index (χ4v) is 4.09. The van der Waals surface area contributed by atoms with Crippen LogP contribution in [0.3, 0.4) is 0 Å². The number of anilines is 2. The number of carboxylic acids is 1. The molecule has 19 heavy (non-hydrogen) atoms. The summed E-state index contributed by atoms with van der Waals surface area (Å²) in [7, 11) is 0. The average molecular weight is 427 g/mol. The van der Waals surface area contributed by atoms with Gasteiger partial charge in [-0.25, -0.2) is 9.78 Å². The van der Waals surface area contributed by atoms with E-state index in [4.69, 9.17) is 16.7 Å². The summed E-state index contributed by atoms with van der Waals surface area (Å²) in [6.07, 6.45) is 0. The van der Waals surface area contributed by atoms with E-state index in [1.165, 1.54) is 0 Å². The van der Waals surface area contributed by atoms with Gasteiger partial charge >= 0.3 is 5.97 Å². The lowest BCUT2D eigenvalue weighted by Gasteiger charge is -2.08. The van der Waals surface area contributed by atoms with Gasteiger partial charge < -0.3 is 10.4 Å². The molecule has 1 aromatic heterocycles. The van der Waals surface area contributed by atoms with E-state index in [1.807, 2.05) is 0 Å². The summed E-state index contributed by atoms with van der Waals surface area (Å²) in [5, 5.41) is 13.2. The van der Waals surface area contributed by atoms with Crippen LogP contribution in [0.15, 0.2) is 21.1 Å². The topological polar surface area (TPSA) is 62.2 Å². The van der Waals surface area contributed by atoms with Gasteiger partial charge in [0.05, 0.1) is 11.4 Å². The minimum Gasteiger partial charge on any atom is -0.477 e. The Morgan fingerprint density at radius 1 is 1.42 bits per heavy atom. The Hall–Kier alpha value is -0.630. The molecule has 0 amide bonds. The second-order valence-corrected chi connectivity index (χ2v) is 6.75. The standard InChI is InChI=1S/C11H7Br2ClN2O2S/c1-4-9(10(17)18)19-11(15-4)16-8-6(12)2-5(14)3-7(8)13/h2-3H,1H3,(H,15,16)(H,17,18). The van der Waals surface area contributed by atoms with Crippen molar-refractivity contribution in [3.63, 3.8) is 0 Å². The van der Waals surface area contributed by atoms with Gasteiger partial charge in [-0.2, -0.15) is 0 Å². The fraction of sp³-hybridized carbons (Fsp3) is 0.0909. The van der Waals surface area contributed by atoms with Crippen LogP contribution in [0.25, 0.3) is 0 Å². The first-order valence-electron chi connectivity index (χ1n) is 5.00. The lowest BCUT2D eigenvalue weighted by molar-refractivity contribution is 0.0701. The third kappa shape index (κ3) is 3.28. The van der Waals surface area contributed by atoms with Crippen LogP contribution >= 0.6 is 54.8 Å². The van der Waals surface area contributed by atoms with E-state index in [1.54, 1.807) is 19.1 Å². The predicted octanol–water partition coefficient (Wildman–Crippen LogP) is 5.07. The van der Waals surface area contributed by atoms with E-state index >= 15 is 0 Å². The Bertz CT molecular complexity index is 637. The summed E-state index contributed by atoms with van der Waals surface area (Å²) in [6.45, 7) is 1.66. The number of halogens is 3. The third-order valence-electron chi connectivity index (χ3n) is 2.23. The van der Waals surface area contributed by atoms with E-state index in [9.17, 15) is 4.79 Å². The molecule has 0 spiro atoms. The Morgan fingerprint density at radius 3 is 2.47 bits per heavy atom. The maximum atomic E-state index is 11.0. The molecule has 0 saturated carbocycles. The monoisotopic (exact) mass is 424 g/mol. The second-order valence-electron chi connectivity index (χ2n) is 3.61. The molecule has 0 aliphatic heterocycles. The fourth-order valence-electron chi connectivity index (χ4n) is 1.42. The van der Waals surface area contributed by atoms with Crippen molar-refractivity contribution in [3.8, 4) is 0 Å². The Labute approximate surface area is 135 Å². The number of aryl methyl sites for hydroxylation is 1. The van der Waals surface area contributed by atoms with Crippen molar-refractivity contribution in [3.05, 3.63) is 36.7 Å². The molecule has 4 nitrogen and oxygen atoms in total. The number of aromatic nitrogens is 1. The molecule has 2 aromatic rings. The first-order valence-corrected chi connectivity index (χ1v) is 7.79. The summed E-state index contributed by atoms with van der Waals surface area (Å²) in [5.74, 6) is -0.975. The minimum absolute atomic E-state index is 0.226. The lowest BCUT2D eigenvalue weighted by Crippen LogP contribution is -1.94. The van der Waals surface area contributed by atoms with Crippen LogP contribution in [0.2, 0.25) is 5.02 Å². The van der Waals surface area contributed by atoms with Gasteiger partial charge in [0.1, 0.15) is 4.88 Å². The van der Waals surface area contributed by atoms with Gasteiger partial charge in [0.15, 0.2) is 5.13 Å². The van der Waals surface area contributed by atoms with Gasteiger partial charge in [0.25, 0.3) is 0 Å². The Balaban J connectivity index is 2.37. The van der Waals surface area contributed by atoms with Gasteiger partial charge in [-0.15, -0.1) is 0 Å². The summed E-state index contributed by atoms with van der Waals surface area (Å²) < 4.78 is 1.52. The van der Waals surface area contributed by atoms with Gasteiger partial charge in [-0.05, 0) is 50.9 Å². The second kappa shape index (κ2) is 5.78. The molecule has 0 aliphatic carbocycles. The van der Waals surface area contributed by atoms with Crippen molar-refractivity contribution < 1.29 is 9.90 Å². The number of rotatable bonds is 3. The first-order chi connectivity index (χ1) is 8.88. The molecule has 0 unspecified atom stereocenters. The van der Waals surface area contributed by atoms with Crippen LogP contribution in [-0.4, -0.2) is 16.1 Å². The van der Waals surface area contributed by atoms with Gasteiger partial charge in [0.2, 0.25) is 0 Å². The van der Waals surface area contributed by atoms with E-state index < -0.39 is 5.97 Å². The molecule has 0 radical (unpaired) electrons. The van der Waals surface area contributed by atoms with Gasteiger partial charge in [0, 0.05) is 14.0 Å². The predicted molar refractivity (Wildman–Crippen MR) is 83.9 cm³/mol.